The second kappa shape index (κ2) is 5.72. The molecule has 0 bridgehead atoms. The number of aromatic nitrogens is 1. The molecule has 22 heavy (non-hydrogen) atoms. The van der Waals surface area contributed by atoms with Crippen LogP contribution in [-0.2, 0) is 9.59 Å². The number of aliphatic hydroxyl groups excluding tert-OH is 1. The zero-order valence-electron chi connectivity index (χ0n) is 11.7. The second-order valence-corrected chi connectivity index (χ2v) is 5.40. The standard InChI is InChI=1S/C14H16N4O4/c19-7-10-14(22)18-6-9(4-11(18)13(21)17-10)16-12(20)8-2-1-3-15-5-8/h1-3,5,9-11,19H,4,6-7H2,(H,16,20)(H,17,21)/t9-,10-,11-/m0/s1. The van der Waals surface area contributed by atoms with E-state index in [9.17, 15) is 14.4 Å². The van der Waals surface area contributed by atoms with E-state index >= 15 is 0 Å². The van der Waals surface area contributed by atoms with Crippen molar-refractivity contribution in [3.8, 4) is 0 Å². The van der Waals surface area contributed by atoms with Crippen molar-refractivity contribution in [3.63, 3.8) is 0 Å². The number of amides is 3. The summed E-state index contributed by atoms with van der Waals surface area (Å²) < 4.78 is 0. The molecule has 0 unspecified atom stereocenters. The number of fused-ring (bicyclic) bond motifs is 1. The monoisotopic (exact) mass is 304 g/mol. The lowest BCUT2D eigenvalue weighted by Gasteiger charge is -2.33. The van der Waals surface area contributed by atoms with Crippen LogP contribution in [0.3, 0.4) is 0 Å². The van der Waals surface area contributed by atoms with Crippen molar-refractivity contribution in [1.29, 1.82) is 0 Å². The first kappa shape index (κ1) is 14.5. The van der Waals surface area contributed by atoms with E-state index in [1.807, 2.05) is 0 Å². The van der Waals surface area contributed by atoms with Crippen molar-refractivity contribution in [1.82, 2.24) is 20.5 Å². The van der Waals surface area contributed by atoms with Crippen LogP contribution in [0, 0.1) is 0 Å². The van der Waals surface area contributed by atoms with Crippen LogP contribution in [0.5, 0.6) is 0 Å². The van der Waals surface area contributed by atoms with Crippen molar-refractivity contribution in [2.45, 2.75) is 24.5 Å². The van der Waals surface area contributed by atoms with Gasteiger partial charge < -0.3 is 20.6 Å². The van der Waals surface area contributed by atoms with Gasteiger partial charge in [-0.05, 0) is 18.6 Å². The van der Waals surface area contributed by atoms with Gasteiger partial charge in [0, 0.05) is 25.0 Å². The zero-order chi connectivity index (χ0) is 15.7. The first-order valence-electron chi connectivity index (χ1n) is 7.02. The Labute approximate surface area is 126 Å². The summed E-state index contributed by atoms with van der Waals surface area (Å²) in [5.41, 5.74) is 0.427. The first-order valence-corrected chi connectivity index (χ1v) is 7.02. The van der Waals surface area contributed by atoms with Crippen molar-refractivity contribution in [2.75, 3.05) is 13.2 Å². The van der Waals surface area contributed by atoms with Gasteiger partial charge in [-0.2, -0.15) is 0 Å². The molecule has 1 aromatic heterocycles. The molecule has 0 aliphatic carbocycles. The number of pyridine rings is 1. The molecule has 3 amide bonds. The van der Waals surface area contributed by atoms with Crippen molar-refractivity contribution < 1.29 is 19.5 Å². The van der Waals surface area contributed by atoms with Gasteiger partial charge in [0.15, 0.2) is 0 Å². The average molecular weight is 304 g/mol. The van der Waals surface area contributed by atoms with Gasteiger partial charge in [0.25, 0.3) is 5.91 Å². The third-order valence-corrected chi connectivity index (χ3v) is 3.94. The molecule has 8 nitrogen and oxygen atoms in total. The Bertz CT molecular complexity index is 606. The van der Waals surface area contributed by atoms with Crippen molar-refractivity contribution in [3.05, 3.63) is 30.1 Å². The van der Waals surface area contributed by atoms with E-state index in [1.165, 1.54) is 11.1 Å². The molecule has 8 heteroatoms. The van der Waals surface area contributed by atoms with Gasteiger partial charge in [-0.25, -0.2) is 0 Å². The quantitative estimate of drug-likeness (QED) is 0.614. The molecule has 2 fully saturated rings. The van der Waals surface area contributed by atoms with Crippen LogP contribution in [0.2, 0.25) is 0 Å². The smallest absolute Gasteiger partial charge is 0.253 e. The van der Waals surface area contributed by atoms with E-state index in [4.69, 9.17) is 5.11 Å². The van der Waals surface area contributed by atoms with Gasteiger partial charge >= 0.3 is 0 Å². The predicted molar refractivity (Wildman–Crippen MR) is 74.6 cm³/mol. The maximum absolute atomic E-state index is 12.1. The minimum Gasteiger partial charge on any atom is -0.394 e. The number of hydrogen-bond acceptors (Lipinski definition) is 5. The van der Waals surface area contributed by atoms with Crippen molar-refractivity contribution in [2.24, 2.45) is 0 Å². The molecule has 0 spiro atoms. The molecule has 3 heterocycles. The van der Waals surface area contributed by atoms with Crippen LogP contribution < -0.4 is 10.6 Å². The number of aliphatic hydroxyl groups is 1. The summed E-state index contributed by atoms with van der Waals surface area (Å²) in [7, 11) is 0. The molecular weight excluding hydrogens is 288 g/mol. The first-order chi connectivity index (χ1) is 10.6. The van der Waals surface area contributed by atoms with Gasteiger partial charge in [-0.15, -0.1) is 0 Å². The molecule has 2 aliphatic heterocycles. The number of nitrogens with zero attached hydrogens (tertiary/aromatic N) is 2. The fourth-order valence-corrected chi connectivity index (χ4v) is 2.85. The summed E-state index contributed by atoms with van der Waals surface area (Å²) in [6, 6.07) is 1.52. The zero-order valence-corrected chi connectivity index (χ0v) is 11.7. The highest BCUT2D eigenvalue weighted by Crippen LogP contribution is 2.22. The summed E-state index contributed by atoms with van der Waals surface area (Å²) in [6.07, 6.45) is 3.39. The highest BCUT2D eigenvalue weighted by molar-refractivity contribution is 5.98. The van der Waals surface area contributed by atoms with Gasteiger partial charge in [0.1, 0.15) is 12.1 Å². The summed E-state index contributed by atoms with van der Waals surface area (Å²) in [4.78, 5) is 41.5. The van der Waals surface area contributed by atoms with E-state index in [0.717, 1.165) is 0 Å². The Morgan fingerprint density at radius 3 is 3.00 bits per heavy atom. The third-order valence-electron chi connectivity index (χ3n) is 3.94. The Morgan fingerprint density at radius 1 is 1.50 bits per heavy atom. The Balaban J connectivity index is 1.68. The molecule has 0 aromatic carbocycles. The van der Waals surface area contributed by atoms with Gasteiger partial charge in [-0.1, -0.05) is 0 Å². The van der Waals surface area contributed by atoms with Crippen molar-refractivity contribution >= 4 is 17.7 Å². The van der Waals surface area contributed by atoms with Crippen LogP contribution >= 0.6 is 0 Å². The maximum Gasteiger partial charge on any atom is 0.253 e. The molecule has 0 saturated carbocycles. The topological polar surface area (TPSA) is 112 Å². The van der Waals surface area contributed by atoms with Gasteiger partial charge in [0.2, 0.25) is 11.8 Å². The molecule has 2 saturated heterocycles. The lowest BCUT2D eigenvalue weighted by Crippen LogP contribution is -2.62. The fraction of sp³-hybridized carbons (Fsp3) is 0.429. The lowest BCUT2D eigenvalue weighted by atomic mass is 10.1. The second-order valence-electron chi connectivity index (χ2n) is 5.40. The average Bonchev–Trinajstić information content (AvgIpc) is 2.96. The highest BCUT2D eigenvalue weighted by Gasteiger charge is 2.46. The van der Waals surface area contributed by atoms with Crippen LogP contribution in [0.15, 0.2) is 24.5 Å². The summed E-state index contributed by atoms with van der Waals surface area (Å²) in [5.74, 6) is -0.897. The summed E-state index contributed by atoms with van der Waals surface area (Å²) >= 11 is 0. The normalized spacial score (nSPS) is 27.3. The molecule has 116 valence electrons. The molecule has 2 aliphatic rings. The lowest BCUT2D eigenvalue weighted by molar-refractivity contribution is -0.148. The molecule has 0 radical (unpaired) electrons. The van der Waals surface area contributed by atoms with Gasteiger partial charge in [-0.3, -0.25) is 19.4 Å². The Morgan fingerprint density at radius 2 is 2.32 bits per heavy atom. The Hall–Kier alpha value is -2.48. The van der Waals surface area contributed by atoms with Crippen LogP contribution in [-0.4, -0.2) is 64.0 Å². The largest absolute Gasteiger partial charge is 0.394 e. The minimum absolute atomic E-state index is 0.263. The van der Waals surface area contributed by atoms with Crippen LogP contribution in [0.1, 0.15) is 16.8 Å². The SMILES string of the molecule is O=C(N[C@H]1C[C@H]2C(=O)N[C@@H](CO)C(=O)N2C1)c1cccnc1. The molecule has 3 rings (SSSR count). The minimum atomic E-state index is -0.892. The number of carbonyl (C=O) groups excluding carboxylic acids is 3. The van der Waals surface area contributed by atoms with E-state index in [0.29, 0.717) is 12.0 Å². The van der Waals surface area contributed by atoms with E-state index in [1.54, 1.807) is 18.3 Å². The molecule has 3 atom stereocenters. The Kier molecular flexibility index (Phi) is 3.76. The van der Waals surface area contributed by atoms with Gasteiger partial charge in [0.05, 0.1) is 12.2 Å². The summed E-state index contributed by atoms with van der Waals surface area (Å²) in [5, 5.41) is 14.4. The van der Waals surface area contributed by atoms with Crippen LogP contribution in [0.4, 0.5) is 0 Å². The number of rotatable bonds is 3. The molecule has 3 N–H and O–H groups in total. The third kappa shape index (κ3) is 2.52. The maximum atomic E-state index is 12.1. The van der Waals surface area contributed by atoms with E-state index in [2.05, 4.69) is 15.6 Å². The van der Waals surface area contributed by atoms with Crippen LogP contribution in [0.25, 0.3) is 0 Å². The number of nitrogens with one attached hydrogen (secondary N) is 2. The molecule has 1 aromatic rings. The number of carbonyl (C=O) groups is 3. The highest BCUT2D eigenvalue weighted by atomic mass is 16.3. The number of piperazine rings is 1. The molecular formula is C14H16N4O4. The predicted octanol–water partition coefficient (Wildman–Crippen LogP) is -1.73. The summed E-state index contributed by atoms with van der Waals surface area (Å²) in [6.45, 7) is -0.167. The number of hydrogen-bond donors (Lipinski definition) is 3. The fourth-order valence-electron chi connectivity index (χ4n) is 2.85. The van der Waals surface area contributed by atoms with E-state index in [-0.39, 0.29) is 30.3 Å². The van der Waals surface area contributed by atoms with E-state index < -0.39 is 18.7 Å².